The van der Waals surface area contributed by atoms with Gasteiger partial charge in [0.2, 0.25) is 11.8 Å². The van der Waals surface area contributed by atoms with Crippen LogP contribution in [0.4, 0.5) is 4.79 Å². The molecule has 12 nitrogen and oxygen atoms in total. The normalized spacial score (nSPS) is 22.0. The zero-order chi connectivity index (χ0) is 35.9. The average molecular weight is 703 g/mol. The molecule has 2 saturated heterocycles. The molecule has 52 heavy (non-hydrogen) atoms. The molecule has 270 valence electrons. The summed E-state index contributed by atoms with van der Waals surface area (Å²) in [6, 6.07) is 13.7. The zero-order valence-electron chi connectivity index (χ0n) is 29.7. The van der Waals surface area contributed by atoms with Crippen LogP contribution in [0, 0.1) is 11.8 Å². The fourth-order valence-electron chi connectivity index (χ4n) is 8.78. The van der Waals surface area contributed by atoms with E-state index in [4.69, 9.17) is 15.5 Å². The van der Waals surface area contributed by atoms with Gasteiger partial charge < -0.3 is 35.6 Å². The number of fused-ring (bicyclic) bond motifs is 1. The fourth-order valence-corrected chi connectivity index (χ4v) is 8.78. The minimum absolute atomic E-state index is 0.0552. The average Bonchev–Trinajstić information content (AvgIpc) is 4.01. The first kappa shape index (κ1) is 34.0. The van der Waals surface area contributed by atoms with E-state index in [-0.39, 0.29) is 23.9 Å². The standard InChI is InChI=1S/C40H46N8O4/c1-52-38(51)46-40(20-4-5-21-40)37(50)48-23-7-9-33(48)35-43-29-17-14-27(24-30(29)44-35)11-10-26-12-15-28(16-13-26)31-25-42-34(45-31)32-8-6-22-47(32)36(49)39(41)18-2-3-19-39/h12-17,24-25,32-33H,2-9,18-23,41H2,1H3,(H,42,45)(H,43,44)(H,46,51)/t32-,33-/m0/s1. The van der Waals surface area contributed by atoms with E-state index in [1.807, 2.05) is 58.5 Å². The van der Waals surface area contributed by atoms with E-state index in [1.165, 1.54) is 7.11 Å². The van der Waals surface area contributed by atoms with Gasteiger partial charge in [0.05, 0.1) is 47.7 Å². The Morgan fingerprint density at radius 2 is 1.46 bits per heavy atom. The highest BCUT2D eigenvalue weighted by atomic mass is 16.5. The molecule has 2 aliphatic heterocycles. The summed E-state index contributed by atoms with van der Waals surface area (Å²) in [5.41, 5.74) is 10.2. The van der Waals surface area contributed by atoms with Gasteiger partial charge in [0.15, 0.2) is 0 Å². The first-order valence-electron chi connectivity index (χ1n) is 18.7. The number of methoxy groups -OCH3 is 1. The van der Waals surface area contributed by atoms with Gasteiger partial charge in [-0.2, -0.15) is 0 Å². The second kappa shape index (κ2) is 13.8. The van der Waals surface area contributed by atoms with Crippen LogP contribution in [0.15, 0.2) is 48.7 Å². The van der Waals surface area contributed by atoms with E-state index >= 15 is 0 Å². The van der Waals surface area contributed by atoms with Gasteiger partial charge in [0.1, 0.15) is 17.2 Å². The second-order valence-electron chi connectivity index (χ2n) is 14.9. The van der Waals surface area contributed by atoms with E-state index in [0.29, 0.717) is 19.4 Å². The summed E-state index contributed by atoms with van der Waals surface area (Å²) in [5, 5.41) is 2.87. The summed E-state index contributed by atoms with van der Waals surface area (Å²) in [5.74, 6) is 8.13. The quantitative estimate of drug-likeness (QED) is 0.190. The van der Waals surface area contributed by atoms with Crippen LogP contribution in [-0.4, -0.2) is 78.9 Å². The number of H-pyrrole nitrogens is 2. The lowest BCUT2D eigenvalue weighted by Crippen LogP contribution is -2.58. The van der Waals surface area contributed by atoms with Crippen molar-refractivity contribution in [1.29, 1.82) is 0 Å². The lowest BCUT2D eigenvalue weighted by atomic mass is 9.95. The number of aromatic nitrogens is 4. The number of nitrogens with zero attached hydrogens (tertiary/aromatic N) is 4. The molecule has 0 radical (unpaired) electrons. The summed E-state index contributed by atoms with van der Waals surface area (Å²) < 4.78 is 4.86. The number of likely N-dealkylation sites (tertiary alicyclic amines) is 2. The number of carbonyl (C=O) groups excluding carboxylic acids is 3. The van der Waals surface area contributed by atoms with Crippen molar-refractivity contribution in [3.8, 4) is 23.1 Å². The number of rotatable bonds is 6. The Morgan fingerprint density at radius 1 is 0.827 bits per heavy atom. The molecule has 2 atom stereocenters. The van der Waals surface area contributed by atoms with E-state index in [1.54, 1.807) is 0 Å². The molecule has 3 amide bonds. The minimum atomic E-state index is -0.924. The van der Waals surface area contributed by atoms with Crippen LogP contribution < -0.4 is 11.1 Å². The number of alkyl carbamates (subject to hydrolysis) is 1. The lowest BCUT2D eigenvalue weighted by molar-refractivity contribution is -0.139. The van der Waals surface area contributed by atoms with Gasteiger partial charge in [-0.05, 0) is 87.3 Å². The summed E-state index contributed by atoms with van der Waals surface area (Å²) in [4.78, 5) is 59.8. The van der Waals surface area contributed by atoms with Crippen molar-refractivity contribution in [2.24, 2.45) is 5.73 Å². The highest BCUT2D eigenvalue weighted by Gasteiger charge is 2.48. The first-order chi connectivity index (χ1) is 25.2. The van der Waals surface area contributed by atoms with Gasteiger partial charge >= 0.3 is 6.09 Å². The monoisotopic (exact) mass is 702 g/mol. The highest BCUT2D eigenvalue weighted by Crippen LogP contribution is 2.39. The zero-order valence-corrected chi connectivity index (χ0v) is 29.7. The van der Waals surface area contributed by atoms with Gasteiger partial charge in [-0.1, -0.05) is 49.7 Å². The molecule has 2 aromatic heterocycles. The Labute approximate surface area is 303 Å². The van der Waals surface area contributed by atoms with Crippen molar-refractivity contribution in [2.45, 2.75) is 100 Å². The number of hydrogen-bond acceptors (Lipinski definition) is 7. The molecular formula is C40H46N8O4. The minimum Gasteiger partial charge on any atom is -0.453 e. The number of benzene rings is 2. The van der Waals surface area contributed by atoms with Crippen molar-refractivity contribution >= 4 is 28.9 Å². The molecule has 2 saturated carbocycles. The third-order valence-corrected chi connectivity index (χ3v) is 11.6. The van der Waals surface area contributed by atoms with Crippen LogP contribution in [0.1, 0.15) is 112 Å². The molecular weight excluding hydrogens is 656 g/mol. The number of ether oxygens (including phenoxy) is 1. The third-order valence-electron chi connectivity index (χ3n) is 11.6. The van der Waals surface area contributed by atoms with Crippen molar-refractivity contribution in [2.75, 3.05) is 20.2 Å². The number of imidazole rings is 2. The maximum atomic E-state index is 13.9. The summed E-state index contributed by atoms with van der Waals surface area (Å²) in [7, 11) is 1.32. The van der Waals surface area contributed by atoms with Gasteiger partial charge in [-0.25, -0.2) is 14.8 Å². The van der Waals surface area contributed by atoms with E-state index in [9.17, 15) is 14.4 Å². The van der Waals surface area contributed by atoms with Gasteiger partial charge in [0.25, 0.3) is 0 Å². The fraction of sp³-hybridized carbons (Fsp3) is 0.475. The van der Waals surface area contributed by atoms with Crippen LogP contribution >= 0.6 is 0 Å². The topological polar surface area (TPSA) is 162 Å². The van der Waals surface area contributed by atoms with Crippen LogP contribution in [0.5, 0.6) is 0 Å². The van der Waals surface area contributed by atoms with Crippen LogP contribution in [0.3, 0.4) is 0 Å². The molecule has 12 heteroatoms. The lowest BCUT2D eigenvalue weighted by Gasteiger charge is -2.35. The molecule has 0 bridgehead atoms. The predicted molar refractivity (Wildman–Crippen MR) is 196 cm³/mol. The number of carbonyl (C=O) groups is 3. The number of aromatic amines is 2. The molecule has 4 heterocycles. The predicted octanol–water partition coefficient (Wildman–Crippen LogP) is 5.62. The van der Waals surface area contributed by atoms with E-state index in [2.05, 4.69) is 32.1 Å². The summed E-state index contributed by atoms with van der Waals surface area (Å²) in [6.07, 6.45) is 11.3. The van der Waals surface area contributed by atoms with Crippen molar-refractivity contribution in [3.05, 3.63) is 71.4 Å². The molecule has 4 aromatic rings. The highest BCUT2D eigenvalue weighted by molar-refractivity contribution is 5.91. The molecule has 0 unspecified atom stereocenters. The number of amides is 3. The first-order valence-corrected chi connectivity index (χ1v) is 18.7. The van der Waals surface area contributed by atoms with E-state index < -0.39 is 17.2 Å². The largest absolute Gasteiger partial charge is 0.453 e. The molecule has 0 spiro atoms. The number of nitrogens with one attached hydrogen (secondary N) is 3. The Bertz CT molecular complexity index is 2040. The third kappa shape index (κ3) is 6.32. The Balaban J connectivity index is 0.942. The summed E-state index contributed by atoms with van der Waals surface area (Å²) in [6.45, 7) is 1.34. The van der Waals surface area contributed by atoms with Crippen LogP contribution in [0.2, 0.25) is 0 Å². The molecule has 4 aliphatic rings. The van der Waals surface area contributed by atoms with Gasteiger partial charge in [-0.15, -0.1) is 0 Å². The Hall–Kier alpha value is -5.15. The Kier molecular flexibility index (Phi) is 8.99. The SMILES string of the molecule is COC(=O)NC1(C(=O)N2CCC[C@H]2c2nc3ccc(C#Cc4ccc(-c5cnc([C@@H]6CCCN6C(=O)C6(N)CCCC6)[nH]5)cc4)cc3[nH]2)CCCC1. The van der Waals surface area contributed by atoms with Crippen molar-refractivity contribution in [3.63, 3.8) is 0 Å². The Morgan fingerprint density at radius 3 is 2.17 bits per heavy atom. The van der Waals surface area contributed by atoms with Gasteiger partial charge in [0, 0.05) is 24.2 Å². The van der Waals surface area contributed by atoms with E-state index in [0.717, 1.165) is 116 Å². The maximum Gasteiger partial charge on any atom is 0.407 e. The van der Waals surface area contributed by atoms with Crippen molar-refractivity contribution in [1.82, 2.24) is 35.1 Å². The number of nitrogens with two attached hydrogens (primary N) is 1. The van der Waals surface area contributed by atoms with Crippen molar-refractivity contribution < 1.29 is 19.1 Å². The van der Waals surface area contributed by atoms with Gasteiger partial charge in [-0.3, -0.25) is 9.59 Å². The molecule has 2 aliphatic carbocycles. The molecule has 5 N–H and O–H groups in total. The van der Waals surface area contributed by atoms with Crippen LogP contribution in [-0.2, 0) is 14.3 Å². The molecule has 2 aromatic carbocycles. The smallest absolute Gasteiger partial charge is 0.407 e. The maximum absolute atomic E-state index is 13.9. The molecule has 8 rings (SSSR count). The number of hydrogen-bond donors (Lipinski definition) is 4. The molecule has 4 fully saturated rings. The van der Waals surface area contributed by atoms with Crippen LogP contribution in [0.25, 0.3) is 22.3 Å². The summed E-state index contributed by atoms with van der Waals surface area (Å²) >= 11 is 0. The second-order valence-corrected chi connectivity index (χ2v) is 14.9.